The van der Waals surface area contributed by atoms with Gasteiger partial charge in [0.25, 0.3) is 0 Å². The summed E-state index contributed by atoms with van der Waals surface area (Å²) in [6.45, 7) is 6.54. The van der Waals surface area contributed by atoms with Gasteiger partial charge in [0.2, 0.25) is 11.8 Å². The molecule has 0 aromatic heterocycles. The van der Waals surface area contributed by atoms with Crippen molar-refractivity contribution >= 4 is 11.8 Å². The Hall–Kier alpha value is -1.36. The number of carbonyl (C=O) groups excluding carboxylic acids is 2. The summed E-state index contributed by atoms with van der Waals surface area (Å²) < 4.78 is 0. The van der Waals surface area contributed by atoms with Crippen molar-refractivity contribution in [2.75, 3.05) is 26.2 Å². The van der Waals surface area contributed by atoms with Crippen LogP contribution in [0.5, 0.6) is 0 Å². The fraction of sp³-hybridized carbons (Fsp3) is 0.556. The molecule has 0 unspecified atom stereocenters. The first kappa shape index (κ1) is 12.6. The first-order valence-corrected chi connectivity index (χ1v) is 4.49. The van der Waals surface area contributed by atoms with Crippen molar-refractivity contribution in [1.82, 2.24) is 10.2 Å². The van der Waals surface area contributed by atoms with Gasteiger partial charge in [0.1, 0.15) is 0 Å². The number of primary amides is 1. The average molecular weight is 199 g/mol. The van der Waals surface area contributed by atoms with Crippen molar-refractivity contribution in [2.45, 2.75) is 6.92 Å². The van der Waals surface area contributed by atoms with Crippen LogP contribution in [0.25, 0.3) is 0 Å². The molecule has 14 heavy (non-hydrogen) atoms. The summed E-state index contributed by atoms with van der Waals surface area (Å²) in [5.41, 5.74) is 4.99. The molecular formula is C9H17N3O2. The summed E-state index contributed by atoms with van der Waals surface area (Å²) in [6.07, 6.45) is 1.66. The zero-order chi connectivity index (χ0) is 11.0. The number of likely N-dealkylation sites (N-methyl/N-ethyl adjacent to an activating group) is 1. The van der Waals surface area contributed by atoms with Gasteiger partial charge in [0, 0.05) is 13.1 Å². The minimum Gasteiger partial charge on any atom is -0.368 e. The fourth-order valence-corrected chi connectivity index (χ4v) is 0.957. The Balaban J connectivity index is 3.91. The number of hydrogen-bond acceptors (Lipinski definition) is 3. The number of rotatable bonds is 7. The standard InChI is InChI=1S/C9H17N3O2/c1-3-5-11-6-9(14)12(4-2)7-8(10)13/h3,11H,1,4-7H2,2H3,(H2,10,13). The quantitative estimate of drug-likeness (QED) is 0.412. The van der Waals surface area contributed by atoms with E-state index in [4.69, 9.17) is 5.73 Å². The average Bonchev–Trinajstić information content (AvgIpc) is 2.14. The summed E-state index contributed by atoms with van der Waals surface area (Å²) in [6, 6.07) is 0. The molecule has 0 radical (unpaired) electrons. The molecule has 5 nitrogen and oxygen atoms in total. The minimum atomic E-state index is -0.496. The summed E-state index contributed by atoms with van der Waals surface area (Å²) in [5, 5.41) is 2.86. The number of nitrogens with two attached hydrogens (primary N) is 1. The van der Waals surface area contributed by atoms with Crippen LogP contribution in [0.4, 0.5) is 0 Å². The second-order valence-electron chi connectivity index (χ2n) is 2.79. The third-order valence-electron chi connectivity index (χ3n) is 1.65. The van der Waals surface area contributed by atoms with Crippen molar-refractivity contribution in [3.8, 4) is 0 Å². The van der Waals surface area contributed by atoms with Crippen LogP contribution in [0, 0.1) is 0 Å². The Morgan fingerprint density at radius 2 is 2.21 bits per heavy atom. The number of hydrogen-bond donors (Lipinski definition) is 2. The predicted octanol–water partition coefficient (Wildman–Crippen LogP) is -0.904. The van der Waals surface area contributed by atoms with Gasteiger partial charge in [-0.2, -0.15) is 0 Å². The van der Waals surface area contributed by atoms with Crippen LogP contribution in [-0.2, 0) is 9.59 Å². The summed E-state index contributed by atoms with van der Waals surface area (Å²) in [5.74, 6) is -0.628. The van der Waals surface area contributed by atoms with Crippen LogP contribution < -0.4 is 11.1 Å². The molecule has 0 aliphatic heterocycles. The molecule has 0 aliphatic rings. The van der Waals surface area contributed by atoms with Gasteiger partial charge in [-0.15, -0.1) is 6.58 Å². The Kier molecular flexibility index (Phi) is 6.39. The van der Waals surface area contributed by atoms with Crippen LogP contribution in [0.1, 0.15) is 6.92 Å². The monoisotopic (exact) mass is 199 g/mol. The van der Waals surface area contributed by atoms with E-state index in [0.717, 1.165) is 0 Å². The molecule has 0 atom stereocenters. The van der Waals surface area contributed by atoms with Gasteiger partial charge in [-0.3, -0.25) is 9.59 Å². The lowest BCUT2D eigenvalue weighted by Crippen LogP contribution is -2.42. The smallest absolute Gasteiger partial charge is 0.237 e. The third-order valence-corrected chi connectivity index (χ3v) is 1.65. The van der Waals surface area contributed by atoms with Crippen molar-refractivity contribution < 1.29 is 9.59 Å². The van der Waals surface area contributed by atoms with Crippen molar-refractivity contribution in [1.29, 1.82) is 0 Å². The highest BCUT2D eigenvalue weighted by molar-refractivity contribution is 5.84. The van der Waals surface area contributed by atoms with E-state index in [1.807, 2.05) is 0 Å². The van der Waals surface area contributed by atoms with E-state index in [1.54, 1.807) is 13.0 Å². The molecule has 0 saturated carbocycles. The van der Waals surface area contributed by atoms with E-state index >= 15 is 0 Å². The Morgan fingerprint density at radius 3 is 2.64 bits per heavy atom. The summed E-state index contributed by atoms with van der Waals surface area (Å²) in [7, 11) is 0. The molecule has 0 spiro atoms. The minimum absolute atomic E-state index is 0.0227. The lowest BCUT2D eigenvalue weighted by atomic mass is 10.4. The Labute approximate surface area is 83.9 Å². The first-order valence-electron chi connectivity index (χ1n) is 4.49. The van der Waals surface area contributed by atoms with Gasteiger partial charge >= 0.3 is 0 Å². The SMILES string of the molecule is C=CCNCC(=O)N(CC)CC(N)=O. The summed E-state index contributed by atoms with van der Waals surface area (Å²) in [4.78, 5) is 23.4. The van der Waals surface area contributed by atoms with Gasteiger partial charge in [-0.25, -0.2) is 0 Å². The third kappa shape index (κ3) is 5.31. The lowest BCUT2D eigenvalue weighted by molar-refractivity contribution is -0.134. The summed E-state index contributed by atoms with van der Waals surface area (Å²) >= 11 is 0. The second-order valence-corrected chi connectivity index (χ2v) is 2.79. The topological polar surface area (TPSA) is 75.4 Å². The maximum atomic E-state index is 11.4. The van der Waals surface area contributed by atoms with Gasteiger partial charge in [0.05, 0.1) is 13.1 Å². The molecular weight excluding hydrogens is 182 g/mol. The van der Waals surface area contributed by atoms with Gasteiger partial charge in [-0.1, -0.05) is 6.08 Å². The highest BCUT2D eigenvalue weighted by atomic mass is 16.2. The van der Waals surface area contributed by atoms with Crippen molar-refractivity contribution in [3.05, 3.63) is 12.7 Å². The molecule has 0 aromatic rings. The van der Waals surface area contributed by atoms with Crippen LogP contribution in [-0.4, -0.2) is 42.9 Å². The largest absolute Gasteiger partial charge is 0.368 e. The predicted molar refractivity (Wildman–Crippen MR) is 54.5 cm³/mol. The number of nitrogens with one attached hydrogen (secondary N) is 1. The molecule has 3 N–H and O–H groups in total. The molecule has 0 aromatic carbocycles. The number of carbonyl (C=O) groups is 2. The van der Waals surface area contributed by atoms with Gasteiger partial charge < -0.3 is 16.0 Å². The fourth-order valence-electron chi connectivity index (χ4n) is 0.957. The van der Waals surface area contributed by atoms with Crippen molar-refractivity contribution in [2.24, 2.45) is 5.73 Å². The Bertz CT molecular complexity index is 216. The number of nitrogens with zero attached hydrogens (tertiary/aromatic N) is 1. The molecule has 2 amide bonds. The maximum absolute atomic E-state index is 11.4. The van der Waals surface area contributed by atoms with Crippen molar-refractivity contribution in [3.63, 3.8) is 0 Å². The molecule has 0 fully saturated rings. The zero-order valence-electron chi connectivity index (χ0n) is 8.45. The highest BCUT2D eigenvalue weighted by Crippen LogP contribution is 1.87. The number of amides is 2. The van der Waals surface area contributed by atoms with E-state index in [1.165, 1.54) is 4.90 Å². The Morgan fingerprint density at radius 1 is 1.57 bits per heavy atom. The van der Waals surface area contributed by atoms with E-state index < -0.39 is 5.91 Å². The molecule has 0 heterocycles. The van der Waals surface area contributed by atoms with E-state index in [9.17, 15) is 9.59 Å². The van der Waals surface area contributed by atoms with E-state index in [0.29, 0.717) is 13.1 Å². The normalized spacial score (nSPS) is 9.50. The van der Waals surface area contributed by atoms with Crippen LogP contribution in [0.2, 0.25) is 0 Å². The molecule has 5 heteroatoms. The highest BCUT2D eigenvalue weighted by Gasteiger charge is 2.12. The lowest BCUT2D eigenvalue weighted by Gasteiger charge is -2.18. The van der Waals surface area contributed by atoms with Gasteiger partial charge in [-0.05, 0) is 6.92 Å². The second kappa shape index (κ2) is 7.08. The molecule has 80 valence electrons. The van der Waals surface area contributed by atoms with Gasteiger partial charge in [0.15, 0.2) is 0 Å². The van der Waals surface area contributed by atoms with Crippen LogP contribution in [0.3, 0.4) is 0 Å². The van der Waals surface area contributed by atoms with Crippen LogP contribution in [0.15, 0.2) is 12.7 Å². The molecule has 0 aliphatic carbocycles. The molecule has 0 bridgehead atoms. The van der Waals surface area contributed by atoms with Crippen LogP contribution >= 0.6 is 0 Å². The molecule has 0 saturated heterocycles. The maximum Gasteiger partial charge on any atom is 0.237 e. The zero-order valence-corrected chi connectivity index (χ0v) is 8.45. The first-order chi connectivity index (χ1) is 6.61. The van der Waals surface area contributed by atoms with E-state index in [2.05, 4.69) is 11.9 Å². The molecule has 0 rings (SSSR count). The van der Waals surface area contributed by atoms with E-state index in [-0.39, 0.29) is 19.0 Å².